The number of anilines is 2. The second kappa shape index (κ2) is 5.83. The minimum absolute atomic E-state index is 0.129. The molecule has 0 saturated heterocycles. The van der Waals surface area contributed by atoms with Crippen LogP contribution in [0.2, 0.25) is 0 Å². The Labute approximate surface area is 107 Å². The van der Waals surface area contributed by atoms with Gasteiger partial charge >= 0.3 is 0 Å². The smallest absolute Gasteiger partial charge is 0.225 e. The molecule has 1 atom stereocenters. The van der Waals surface area contributed by atoms with Crippen molar-refractivity contribution in [1.82, 2.24) is 14.9 Å². The summed E-state index contributed by atoms with van der Waals surface area (Å²) in [5.41, 5.74) is 4.68. The first-order chi connectivity index (χ1) is 8.32. The lowest BCUT2D eigenvalue weighted by Crippen LogP contribution is -2.43. The first kappa shape index (κ1) is 14.5. The zero-order valence-corrected chi connectivity index (χ0v) is 11.3. The maximum absolute atomic E-state index is 10.1. The van der Waals surface area contributed by atoms with E-state index in [9.17, 15) is 5.11 Å². The highest BCUT2D eigenvalue weighted by atomic mass is 16.5. The molecule has 1 unspecified atom stereocenters. The van der Waals surface area contributed by atoms with E-state index < -0.39 is 5.60 Å². The highest BCUT2D eigenvalue weighted by Crippen LogP contribution is 2.15. The van der Waals surface area contributed by atoms with E-state index in [4.69, 9.17) is 10.5 Å². The molecular formula is C11H21N5O2. The van der Waals surface area contributed by atoms with E-state index in [-0.39, 0.29) is 5.95 Å². The van der Waals surface area contributed by atoms with E-state index in [1.165, 1.54) is 7.11 Å². The van der Waals surface area contributed by atoms with Gasteiger partial charge in [0, 0.05) is 19.2 Å². The van der Waals surface area contributed by atoms with Crippen molar-refractivity contribution in [3.05, 3.63) is 6.07 Å². The van der Waals surface area contributed by atoms with Crippen molar-refractivity contribution in [3.8, 4) is 5.88 Å². The van der Waals surface area contributed by atoms with Crippen molar-refractivity contribution in [1.29, 1.82) is 0 Å². The first-order valence-corrected chi connectivity index (χ1v) is 5.62. The van der Waals surface area contributed by atoms with Crippen LogP contribution in [0.15, 0.2) is 6.07 Å². The van der Waals surface area contributed by atoms with Crippen molar-refractivity contribution in [2.24, 2.45) is 0 Å². The summed E-state index contributed by atoms with van der Waals surface area (Å²) in [5.74, 6) is 1.04. The molecule has 0 aliphatic rings. The molecule has 7 heteroatoms. The molecule has 0 radical (unpaired) electrons. The maximum Gasteiger partial charge on any atom is 0.225 e. The summed E-state index contributed by atoms with van der Waals surface area (Å²) in [6, 6.07) is 1.63. The molecule has 102 valence electrons. The standard InChI is InChI=1S/C11H21N5O2/c1-11(17,7-16(2)3)6-13-8-5-9(18-4)15-10(12)14-8/h5,17H,6-7H2,1-4H3,(H3,12,13,14,15). The van der Waals surface area contributed by atoms with Crippen molar-refractivity contribution in [2.45, 2.75) is 12.5 Å². The van der Waals surface area contributed by atoms with Crippen LogP contribution in [0.5, 0.6) is 5.88 Å². The Kier molecular flexibility index (Phi) is 4.69. The van der Waals surface area contributed by atoms with Crippen LogP contribution in [0.3, 0.4) is 0 Å². The van der Waals surface area contributed by atoms with E-state index >= 15 is 0 Å². The monoisotopic (exact) mass is 255 g/mol. The number of hydrogen-bond donors (Lipinski definition) is 3. The van der Waals surface area contributed by atoms with Crippen molar-refractivity contribution >= 4 is 11.8 Å². The van der Waals surface area contributed by atoms with Crippen LogP contribution < -0.4 is 15.8 Å². The number of rotatable bonds is 6. The SMILES string of the molecule is COc1cc(NCC(C)(O)CN(C)C)nc(N)n1. The molecule has 0 saturated carbocycles. The third-order valence-electron chi connectivity index (χ3n) is 2.24. The number of hydrogen-bond acceptors (Lipinski definition) is 7. The van der Waals surface area contributed by atoms with E-state index in [0.29, 0.717) is 24.8 Å². The van der Waals surface area contributed by atoms with Crippen LogP contribution in [0.4, 0.5) is 11.8 Å². The normalized spacial score (nSPS) is 14.3. The van der Waals surface area contributed by atoms with Crippen LogP contribution >= 0.6 is 0 Å². The highest BCUT2D eigenvalue weighted by molar-refractivity contribution is 5.43. The van der Waals surface area contributed by atoms with Crippen LogP contribution in [-0.4, -0.2) is 59.9 Å². The zero-order chi connectivity index (χ0) is 13.8. The highest BCUT2D eigenvalue weighted by Gasteiger charge is 2.21. The average molecular weight is 255 g/mol. The Bertz CT molecular complexity index is 395. The van der Waals surface area contributed by atoms with Crippen molar-refractivity contribution in [2.75, 3.05) is 45.3 Å². The topological polar surface area (TPSA) is 96.5 Å². The summed E-state index contributed by atoms with van der Waals surface area (Å²) < 4.78 is 4.99. The number of ether oxygens (including phenoxy) is 1. The van der Waals surface area contributed by atoms with Crippen LogP contribution in [0, 0.1) is 0 Å². The minimum Gasteiger partial charge on any atom is -0.481 e. The Morgan fingerprint density at radius 1 is 1.50 bits per heavy atom. The molecular weight excluding hydrogens is 234 g/mol. The van der Waals surface area contributed by atoms with Gasteiger partial charge in [-0.05, 0) is 21.0 Å². The molecule has 0 fully saturated rings. The fraction of sp³-hybridized carbons (Fsp3) is 0.636. The Hall–Kier alpha value is -1.60. The van der Waals surface area contributed by atoms with E-state index in [2.05, 4.69) is 15.3 Å². The van der Waals surface area contributed by atoms with Gasteiger partial charge in [-0.2, -0.15) is 9.97 Å². The molecule has 0 aliphatic heterocycles. The zero-order valence-electron chi connectivity index (χ0n) is 11.3. The summed E-state index contributed by atoms with van der Waals surface area (Å²) >= 11 is 0. The molecule has 1 aromatic rings. The van der Waals surface area contributed by atoms with Crippen LogP contribution in [0.25, 0.3) is 0 Å². The molecule has 1 rings (SSSR count). The van der Waals surface area contributed by atoms with Crippen LogP contribution in [0.1, 0.15) is 6.92 Å². The number of likely N-dealkylation sites (N-methyl/N-ethyl adjacent to an activating group) is 1. The molecule has 0 amide bonds. The van der Waals surface area contributed by atoms with Gasteiger partial charge in [-0.25, -0.2) is 0 Å². The molecule has 0 bridgehead atoms. The third kappa shape index (κ3) is 4.72. The lowest BCUT2D eigenvalue weighted by molar-refractivity contribution is 0.0459. The Morgan fingerprint density at radius 2 is 2.17 bits per heavy atom. The molecule has 0 aromatic carbocycles. The second-order valence-electron chi connectivity index (χ2n) is 4.74. The van der Waals surface area contributed by atoms with Gasteiger partial charge in [-0.3, -0.25) is 0 Å². The number of nitrogen functional groups attached to an aromatic ring is 1. The second-order valence-corrected chi connectivity index (χ2v) is 4.74. The van der Waals surface area contributed by atoms with Gasteiger partial charge in [-0.15, -0.1) is 0 Å². The van der Waals surface area contributed by atoms with Gasteiger partial charge in [-0.1, -0.05) is 0 Å². The minimum atomic E-state index is -0.865. The lowest BCUT2D eigenvalue weighted by Gasteiger charge is -2.27. The van der Waals surface area contributed by atoms with E-state index in [1.807, 2.05) is 19.0 Å². The Morgan fingerprint density at radius 3 is 2.72 bits per heavy atom. The molecule has 4 N–H and O–H groups in total. The van der Waals surface area contributed by atoms with E-state index in [0.717, 1.165) is 0 Å². The number of methoxy groups -OCH3 is 1. The number of aliphatic hydroxyl groups is 1. The van der Waals surface area contributed by atoms with Gasteiger partial charge in [0.05, 0.1) is 12.7 Å². The fourth-order valence-electron chi connectivity index (χ4n) is 1.66. The van der Waals surface area contributed by atoms with E-state index in [1.54, 1.807) is 13.0 Å². The molecule has 0 spiro atoms. The number of nitrogens with two attached hydrogens (primary N) is 1. The summed E-state index contributed by atoms with van der Waals surface area (Å²) in [6.07, 6.45) is 0. The molecule has 7 nitrogen and oxygen atoms in total. The summed E-state index contributed by atoms with van der Waals surface area (Å²) in [4.78, 5) is 9.81. The lowest BCUT2D eigenvalue weighted by atomic mass is 10.1. The summed E-state index contributed by atoms with van der Waals surface area (Å²) in [5, 5.41) is 13.1. The van der Waals surface area contributed by atoms with Gasteiger partial charge in [0.15, 0.2) is 0 Å². The predicted octanol–water partition coefficient (Wildman–Crippen LogP) is -0.208. The van der Waals surface area contributed by atoms with Crippen molar-refractivity contribution < 1.29 is 9.84 Å². The average Bonchev–Trinajstić information content (AvgIpc) is 2.24. The fourth-order valence-corrected chi connectivity index (χ4v) is 1.66. The first-order valence-electron chi connectivity index (χ1n) is 5.62. The van der Waals surface area contributed by atoms with Crippen LogP contribution in [-0.2, 0) is 0 Å². The maximum atomic E-state index is 10.1. The molecule has 1 aromatic heterocycles. The number of nitrogens with zero attached hydrogens (tertiary/aromatic N) is 3. The number of aromatic nitrogens is 2. The quantitative estimate of drug-likeness (QED) is 0.647. The Balaban J connectivity index is 2.65. The van der Waals surface area contributed by atoms with Gasteiger partial charge in [0.25, 0.3) is 0 Å². The third-order valence-corrected chi connectivity index (χ3v) is 2.24. The van der Waals surface area contributed by atoms with Gasteiger partial charge in [0.2, 0.25) is 11.8 Å². The molecule has 1 heterocycles. The number of nitrogens with one attached hydrogen (secondary N) is 1. The van der Waals surface area contributed by atoms with Gasteiger partial charge < -0.3 is 25.8 Å². The summed E-state index contributed by atoms with van der Waals surface area (Å²) in [6.45, 7) is 2.64. The molecule has 18 heavy (non-hydrogen) atoms. The largest absolute Gasteiger partial charge is 0.481 e. The molecule has 0 aliphatic carbocycles. The predicted molar refractivity (Wildman–Crippen MR) is 70.7 cm³/mol. The van der Waals surface area contributed by atoms with Crippen molar-refractivity contribution in [3.63, 3.8) is 0 Å². The van der Waals surface area contributed by atoms with Gasteiger partial charge in [0.1, 0.15) is 5.82 Å². The summed E-state index contributed by atoms with van der Waals surface area (Å²) in [7, 11) is 5.31.